The van der Waals surface area contributed by atoms with Gasteiger partial charge in [-0.25, -0.2) is 4.18 Å². The summed E-state index contributed by atoms with van der Waals surface area (Å²) in [4.78, 5) is 12.8. The van der Waals surface area contributed by atoms with Gasteiger partial charge >= 0.3 is 16.4 Å². The molecule has 1 saturated heterocycles. The van der Waals surface area contributed by atoms with Crippen LogP contribution in [0.4, 0.5) is 0 Å². The molecule has 6 unspecified atom stereocenters. The molecule has 0 amide bonds. The zero-order valence-electron chi connectivity index (χ0n) is 37.0. The van der Waals surface area contributed by atoms with Crippen LogP contribution in [0.3, 0.4) is 0 Å². The number of carbonyl (C=O) groups is 1. The molecule has 0 saturated carbocycles. The number of hydrogen-bond acceptors (Lipinski definition) is 11. The number of rotatable bonds is 39. The predicted molar refractivity (Wildman–Crippen MR) is 239 cm³/mol. The van der Waals surface area contributed by atoms with Gasteiger partial charge in [0.15, 0.2) is 6.29 Å². The third-order valence-electron chi connectivity index (χ3n) is 10.2. The third-order valence-corrected chi connectivity index (χ3v) is 10.6. The summed E-state index contributed by atoms with van der Waals surface area (Å²) in [6, 6.07) is 0. The maximum Gasteiger partial charge on any atom is 0.397 e. The van der Waals surface area contributed by atoms with Crippen LogP contribution in [-0.2, 0) is 38.3 Å². The Hall–Kier alpha value is -2.20. The molecule has 1 rings (SSSR count). The number of aliphatic hydroxyl groups excluding tert-OH is 3. The van der Waals surface area contributed by atoms with Crippen molar-refractivity contribution in [1.29, 1.82) is 0 Å². The predicted octanol–water partition coefficient (Wildman–Crippen LogP) is 9.74. The lowest BCUT2D eigenvalue weighted by Crippen LogP contribution is -2.60. The summed E-state index contributed by atoms with van der Waals surface area (Å²) in [7, 11) is -5.07. The van der Waals surface area contributed by atoms with Gasteiger partial charge in [-0.05, 0) is 57.8 Å². The van der Waals surface area contributed by atoms with E-state index in [0.29, 0.717) is 13.0 Å². The largest absolute Gasteiger partial charge is 0.457 e. The van der Waals surface area contributed by atoms with Crippen LogP contribution in [-0.4, -0.2) is 97.5 Å². The minimum atomic E-state index is -5.07. The fourth-order valence-corrected chi connectivity index (χ4v) is 7.21. The Bertz CT molecular complexity index is 1280. The molecule has 1 aliphatic rings. The van der Waals surface area contributed by atoms with E-state index in [1.165, 1.54) is 70.6 Å². The third kappa shape index (κ3) is 31.6. The van der Waals surface area contributed by atoms with E-state index in [9.17, 15) is 28.5 Å². The van der Waals surface area contributed by atoms with Crippen LogP contribution in [0, 0.1) is 0 Å². The molecule has 4 N–H and O–H groups in total. The van der Waals surface area contributed by atoms with E-state index in [-0.39, 0.29) is 19.6 Å². The zero-order chi connectivity index (χ0) is 43.9. The summed E-state index contributed by atoms with van der Waals surface area (Å²) in [6.45, 7) is 3.83. The van der Waals surface area contributed by atoms with Crippen molar-refractivity contribution in [3.63, 3.8) is 0 Å². The van der Waals surface area contributed by atoms with Crippen molar-refractivity contribution in [3.05, 3.63) is 60.8 Å². The molecule has 60 heavy (non-hydrogen) atoms. The second-order valence-electron chi connectivity index (χ2n) is 15.6. The lowest BCUT2D eigenvalue weighted by atomic mass is 9.99. The van der Waals surface area contributed by atoms with Gasteiger partial charge in [0.25, 0.3) is 0 Å². The van der Waals surface area contributed by atoms with E-state index in [4.69, 9.17) is 23.5 Å². The molecule has 1 aliphatic heterocycles. The summed E-state index contributed by atoms with van der Waals surface area (Å²) < 4.78 is 59.0. The normalized spacial score (nSPS) is 20.8. The molecule has 1 heterocycles. The van der Waals surface area contributed by atoms with Gasteiger partial charge in [0, 0.05) is 13.0 Å². The van der Waals surface area contributed by atoms with Gasteiger partial charge in [-0.3, -0.25) is 9.35 Å². The van der Waals surface area contributed by atoms with Gasteiger partial charge in [-0.2, -0.15) is 8.42 Å². The Morgan fingerprint density at radius 3 is 1.67 bits per heavy atom. The molecule has 0 bridgehead atoms. The van der Waals surface area contributed by atoms with Crippen molar-refractivity contribution in [2.75, 3.05) is 26.4 Å². The monoisotopic (exact) mass is 871 g/mol. The van der Waals surface area contributed by atoms with E-state index in [2.05, 4.69) is 78.8 Å². The standard InChI is InChI=1S/C47H82O12S/c1-3-5-7-9-11-13-15-17-19-20-21-22-23-24-26-28-30-32-34-36-43(49)57-41(39-55-37-35-33-31-29-27-25-18-16-14-12-10-8-6-4-2)40-56-47-45(51)46(59-60(52,53)54)44(50)42(38-48)58-47/h5,7,11,13,17,19,21-22,24,26,41-42,44-48,50-51H,3-4,6,8-10,12,14-16,18,20,23,25,27-40H2,1-2H3,(H,52,53,54)/b7-5-,13-11-,19-17-,22-21-,26-24-. The first kappa shape index (κ1) is 55.8. The van der Waals surface area contributed by atoms with Crippen LogP contribution < -0.4 is 0 Å². The van der Waals surface area contributed by atoms with Crippen molar-refractivity contribution < 1.29 is 56.2 Å². The summed E-state index contributed by atoms with van der Waals surface area (Å²) >= 11 is 0. The van der Waals surface area contributed by atoms with E-state index >= 15 is 0 Å². The maximum absolute atomic E-state index is 12.8. The fourth-order valence-electron chi connectivity index (χ4n) is 6.70. The summed E-state index contributed by atoms with van der Waals surface area (Å²) in [5.41, 5.74) is 0. The topological polar surface area (TPSA) is 178 Å². The van der Waals surface area contributed by atoms with E-state index in [1.54, 1.807) is 0 Å². The number of ether oxygens (including phenoxy) is 4. The first-order valence-corrected chi connectivity index (χ1v) is 24.4. The number of carbonyl (C=O) groups excluding carboxylic acids is 1. The van der Waals surface area contributed by atoms with Crippen molar-refractivity contribution in [2.45, 2.75) is 205 Å². The van der Waals surface area contributed by atoms with Crippen LogP contribution >= 0.6 is 0 Å². The number of unbranched alkanes of at least 4 members (excludes halogenated alkanes) is 16. The average Bonchev–Trinajstić information content (AvgIpc) is 3.22. The number of esters is 1. The van der Waals surface area contributed by atoms with Crippen molar-refractivity contribution in [1.82, 2.24) is 0 Å². The van der Waals surface area contributed by atoms with Gasteiger partial charge in [-0.15, -0.1) is 0 Å². The van der Waals surface area contributed by atoms with Gasteiger partial charge in [0.1, 0.15) is 30.5 Å². The molecule has 0 spiro atoms. The summed E-state index contributed by atoms with van der Waals surface area (Å²) in [5, 5.41) is 30.7. The molecule has 1 fully saturated rings. The zero-order valence-corrected chi connectivity index (χ0v) is 37.8. The Kier molecular flexibility index (Phi) is 35.8. The quantitative estimate of drug-likeness (QED) is 0.0199. The molecule has 12 nitrogen and oxygen atoms in total. The minimum absolute atomic E-state index is 0.0219. The van der Waals surface area contributed by atoms with Crippen molar-refractivity contribution in [2.24, 2.45) is 0 Å². The molecule has 0 radical (unpaired) electrons. The second-order valence-corrected chi connectivity index (χ2v) is 16.7. The number of aliphatic hydroxyl groups is 3. The molecule has 0 aromatic carbocycles. The van der Waals surface area contributed by atoms with Crippen LogP contribution in [0.5, 0.6) is 0 Å². The Labute approximate surface area is 363 Å². The molecule has 0 aliphatic carbocycles. The van der Waals surface area contributed by atoms with Crippen molar-refractivity contribution in [3.8, 4) is 0 Å². The first-order chi connectivity index (χ1) is 29.1. The number of hydrogen-bond donors (Lipinski definition) is 4. The van der Waals surface area contributed by atoms with Crippen LogP contribution in [0.15, 0.2) is 60.8 Å². The van der Waals surface area contributed by atoms with Crippen LogP contribution in [0.1, 0.15) is 168 Å². The molecular formula is C47H82O12S. The molecule has 348 valence electrons. The Morgan fingerprint density at radius 2 is 1.15 bits per heavy atom. The highest BCUT2D eigenvalue weighted by atomic mass is 32.3. The molecule has 0 aromatic heterocycles. The maximum atomic E-state index is 12.8. The Balaban J connectivity index is 2.45. The lowest BCUT2D eigenvalue weighted by Gasteiger charge is -2.41. The fraction of sp³-hybridized carbons (Fsp3) is 0.766. The van der Waals surface area contributed by atoms with Gasteiger partial charge < -0.3 is 34.3 Å². The lowest BCUT2D eigenvalue weighted by molar-refractivity contribution is -0.301. The summed E-state index contributed by atoms with van der Waals surface area (Å²) in [5.74, 6) is -0.431. The van der Waals surface area contributed by atoms with Gasteiger partial charge in [0.05, 0.1) is 19.8 Å². The minimum Gasteiger partial charge on any atom is -0.457 e. The molecule has 13 heteroatoms. The molecular weight excluding hydrogens is 789 g/mol. The average molecular weight is 871 g/mol. The van der Waals surface area contributed by atoms with E-state index in [1.807, 2.05) is 0 Å². The van der Waals surface area contributed by atoms with Gasteiger partial charge in [-0.1, -0.05) is 164 Å². The van der Waals surface area contributed by atoms with Crippen LogP contribution in [0.2, 0.25) is 0 Å². The Morgan fingerprint density at radius 1 is 0.650 bits per heavy atom. The number of allylic oxidation sites excluding steroid dienone is 10. The smallest absolute Gasteiger partial charge is 0.397 e. The van der Waals surface area contributed by atoms with Crippen LogP contribution in [0.25, 0.3) is 0 Å². The van der Waals surface area contributed by atoms with E-state index in [0.717, 1.165) is 70.6 Å². The molecule has 0 aromatic rings. The second kappa shape index (κ2) is 38.5. The van der Waals surface area contributed by atoms with Gasteiger partial charge in [0.2, 0.25) is 0 Å². The highest BCUT2D eigenvalue weighted by Gasteiger charge is 2.48. The highest BCUT2D eigenvalue weighted by molar-refractivity contribution is 7.80. The molecule has 6 atom stereocenters. The van der Waals surface area contributed by atoms with E-state index < -0.39 is 59.8 Å². The SMILES string of the molecule is CC/C=C\C/C=C\C/C=C\C/C=C\C/C=C\CCCCCC(=O)OC(COCCCCCCCCCCCCCCCC)COC1OC(CO)C(O)C(OS(=O)(=O)O)C1O. The summed E-state index contributed by atoms with van der Waals surface area (Å²) in [6.07, 6.45) is 38.2. The van der Waals surface area contributed by atoms with Crippen molar-refractivity contribution >= 4 is 16.4 Å². The highest BCUT2D eigenvalue weighted by Crippen LogP contribution is 2.26. The first-order valence-electron chi connectivity index (χ1n) is 23.0.